The smallest absolute Gasteiger partial charge is 0.343 e. The van der Waals surface area contributed by atoms with Crippen LogP contribution in [0, 0.1) is 0 Å². The van der Waals surface area contributed by atoms with Crippen LogP contribution in [0.15, 0.2) is 48.5 Å². The van der Waals surface area contributed by atoms with Crippen LogP contribution in [-0.2, 0) is 4.79 Å². The average Bonchev–Trinajstić information content (AvgIpc) is 2.61. The molecule has 5 heteroatoms. The van der Waals surface area contributed by atoms with Crippen LogP contribution in [0.3, 0.4) is 0 Å². The minimum Gasteiger partial charge on any atom is -0.494 e. The maximum Gasteiger partial charge on any atom is 0.343 e. The van der Waals surface area contributed by atoms with Gasteiger partial charge in [-0.15, -0.1) is 0 Å². The molecule has 0 spiro atoms. The van der Waals surface area contributed by atoms with E-state index in [0.717, 1.165) is 25.0 Å². The lowest BCUT2D eigenvalue weighted by molar-refractivity contribution is -0.120. The average molecular weight is 328 g/mol. The monoisotopic (exact) mass is 328 g/mol. The summed E-state index contributed by atoms with van der Waals surface area (Å²) >= 11 is 0. The van der Waals surface area contributed by atoms with Gasteiger partial charge in [0.2, 0.25) is 0 Å². The van der Waals surface area contributed by atoms with Gasteiger partial charge in [0.15, 0.2) is 0 Å². The molecule has 0 fully saturated rings. The van der Waals surface area contributed by atoms with Crippen molar-refractivity contribution >= 4 is 12.4 Å². The topological polar surface area (TPSA) is 61.8 Å². The van der Waals surface area contributed by atoms with Crippen LogP contribution >= 0.6 is 0 Å². The Hall–Kier alpha value is -2.82. The fourth-order valence-electron chi connectivity index (χ4n) is 2.04. The fourth-order valence-corrected chi connectivity index (χ4v) is 2.04. The van der Waals surface area contributed by atoms with Crippen LogP contribution < -0.4 is 14.2 Å². The van der Waals surface area contributed by atoms with Crippen molar-refractivity contribution in [3.8, 4) is 17.2 Å². The fraction of sp³-hybridized carbons (Fsp3) is 0.263. The molecule has 0 aromatic heterocycles. The molecule has 126 valence electrons. The zero-order valence-electron chi connectivity index (χ0n) is 13.6. The van der Waals surface area contributed by atoms with E-state index in [1.54, 1.807) is 24.3 Å². The van der Waals surface area contributed by atoms with E-state index in [0.29, 0.717) is 30.1 Å². The highest BCUT2D eigenvalue weighted by Gasteiger charge is 2.09. The number of hydrogen-bond donors (Lipinski definition) is 0. The van der Waals surface area contributed by atoms with Crippen LogP contribution in [0.5, 0.6) is 17.2 Å². The Labute approximate surface area is 141 Å². The summed E-state index contributed by atoms with van der Waals surface area (Å²) < 4.78 is 15.6. The molecule has 0 saturated heterocycles. The third kappa shape index (κ3) is 5.43. The van der Waals surface area contributed by atoms with E-state index < -0.39 is 5.97 Å². The van der Waals surface area contributed by atoms with Gasteiger partial charge < -0.3 is 14.2 Å². The van der Waals surface area contributed by atoms with Crippen molar-refractivity contribution in [3.63, 3.8) is 0 Å². The second-order valence-electron chi connectivity index (χ2n) is 5.15. The predicted octanol–water partition coefficient (Wildman–Crippen LogP) is 4.01. The summed E-state index contributed by atoms with van der Waals surface area (Å²) in [6.45, 7) is 3.16. The number of unbranched alkanes of at least 4 members (excludes halogenated alkanes) is 2. The summed E-state index contributed by atoms with van der Waals surface area (Å²) in [5, 5.41) is 0. The Balaban J connectivity index is 1.88. The minimum absolute atomic E-state index is 0.333. The van der Waals surface area contributed by atoms with E-state index in [1.165, 1.54) is 24.3 Å². The first-order chi connectivity index (χ1) is 11.7. The van der Waals surface area contributed by atoms with Gasteiger partial charge in [-0.05, 0) is 55.0 Å². The van der Waals surface area contributed by atoms with E-state index in [2.05, 4.69) is 11.7 Å². The highest BCUT2D eigenvalue weighted by molar-refractivity contribution is 5.91. The SMILES string of the molecule is CCCCCOc1ccc(OC(=O)c2ccc(OC=O)cc2)cc1. The Morgan fingerprint density at radius 3 is 2.17 bits per heavy atom. The predicted molar refractivity (Wildman–Crippen MR) is 89.6 cm³/mol. The van der Waals surface area contributed by atoms with Gasteiger partial charge in [0.25, 0.3) is 6.47 Å². The normalized spacial score (nSPS) is 10.0. The van der Waals surface area contributed by atoms with Gasteiger partial charge in [0.05, 0.1) is 12.2 Å². The second-order valence-corrected chi connectivity index (χ2v) is 5.15. The minimum atomic E-state index is -0.482. The first-order valence-electron chi connectivity index (χ1n) is 7.88. The molecule has 0 saturated carbocycles. The van der Waals surface area contributed by atoms with Gasteiger partial charge in [0, 0.05) is 0 Å². The first-order valence-corrected chi connectivity index (χ1v) is 7.88. The van der Waals surface area contributed by atoms with Crippen molar-refractivity contribution in [3.05, 3.63) is 54.1 Å². The van der Waals surface area contributed by atoms with Crippen molar-refractivity contribution in [2.75, 3.05) is 6.61 Å². The molecule has 2 aromatic carbocycles. The van der Waals surface area contributed by atoms with Gasteiger partial charge in [0.1, 0.15) is 17.2 Å². The molecular weight excluding hydrogens is 308 g/mol. The number of ether oxygens (including phenoxy) is 3. The summed E-state index contributed by atoms with van der Waals surface area (Å²) in [6, 6.07) is 13.0. The highest BCUT2D eigenvalue weighted by atomic mass is 16.5. The van der Waals surface area contributed by atoms with Gasteiger partial charge in [-0.1, -0.05) is 19.8 Å². The molecule has 0 amide bonds. The molecule has 24 heavy (non-hydrogen) atoms. The molecule has 2 aromatic rings. The number of carbonyl (C=O) groups is 2. The number of carbonyl (C=O) groups excluding carboxylic acids is 2. The van der Waals surface area contributed by atoms with Crippen molar-refractivity contribution in [1.82, 2.24) is 0 Å². The first kappa shape index (κ1) is 17.5. The van der Waals surface area contributed by atoms with Crippen molar-refractivity contribution in [2.24, 2.45) is 0 Å². The number of hydrogen-bond acceptors (Lipinski definition) is 5. The maximum atomic E-state index is 12.0. The second kappa shape index (κ2) is 9.35. The van der Waals surface area contributed by atoms with Crippen molar-refractivity contribution in [2.45, 2.75) is 26.2 Å². The van der Waals surface area contributed by atoms with Crippen LogP contribution in [0.4, 0.5) is 0 Å². The molecule has 2 rings (SSSR count). The van der Waals surface area contributed by atoms with E-state index >= 15 is 0 Å². The molecular formula is C19H20O5. The zero-order chi connectivity index (χ0) is 17.2. The van der Waals surface area contributed by atoms with Crippen LogP contribution in [0.2, 0.25) is 0 Å². The molecule has 0 atom stereocenters. The Morgan fingerprint density at radius 2 is 1.54 bits per heavy atom. The molecule has 0 aliphatic rings. The van der Waals surface area contributed by atoms with Crippen LogP contribution in [-0.4, -0.2) is 19.0 Å². The number of benzene rings is 2. The summed E-state index contributed by atoms with van der Waals surface area (Å²) in [5.74, 6) is 1.07. The standard InChI is InChI=1S/C19H20O5/c1-2-3-4-13-22-16-9-11-18(12-10-16)24-19(21)15-5-7-17(8-6-15)23-14-20/h5-12,14H,2-4,13H2,1H3. The molecule has 0 unspecified atom stereocenters. The molecule has 0 radical (unpaired) electrons. The molecule has 0 bridgehead atoms. The molecule has 0 N–H and O–H groups in total. The largest absolute Gasteiger partial charge is 0.494 e. The lowest BCUT2D eigenvalue weighted by atomic mass is 10.2. The summed E-state index contributed by atoms with van der Waals surface area (Å²) in [4.78, 5) is 22.3. The Kier molecular flexibility index (Phi) is 6.83. The van der Waals surface area contributed by atoms with E-state index in [-0.39, 0.29) is 0 Å². The quantitative estimate of drug-likeness (QED) is 0.301. The van der Waals surface area contributed by atoms with Crippen LogP contribution in [0.25, 0.3) is 0 Å². The maximum absolute atomic E-state index is 12.0. The van der Waals surface area contributed by atoms with Crippen molar-refractivity contribution < 1.29 is 23.8 Å². The Morgan fingerprint density at radius 1 is 0.917 bits per heavy atom. The van der Waals surface area contributed by atoms with Gasteiger partial charge >= 0.3 is 5.97 Å². The van der Waals surface area contributed by atoms with Gasteiger partial charge in [-0.3, -0.25) is 4.79 Å². The summed E-state index contributed by atoms with van der Waals surface area (Å²) in [7, 11) is 0. The van der Waals surface area contributed by atoms with Gasteiger partial charge in [-0.2, -0.15) is 0 Å². The van der Waals surface area contributed by atoms with Crippen LogP contribution in [0.1, 0.15) is 36.5 Å². The van der Waals surface area contributed by atoms with Crippen molar-refractivity contribution in [1.29, 1.82) is 0 Å². The zero-order valence-corrected chi connectivity index (χ0v) is 13.6. The Bertz CT molecular complexity index is 646. The lowest BCUT2D eigenvalue weighted by Crippen LogP contribution is -2.08. The third-order valence-electron chi connectivity index (χ3n) is 3.33. The summed E-state index contributed by atoms with van der Waals surface area (Å²) in [5.41, 5.74) is 0.369. The molecule has 0 aliphatic carbocycles. The number of esters is 1. The third-order valence-corrected chi connectivity index (χ3v) is 3.33. The molecule has 0 aliphatic heterocycles. The van der Waals surface area contributed by atoms with Gasteiger partial charge in [-0.25, -0.2) is 4.79 Å². The highest BCUT2D eigenvalue weighted by Crippen LogP contribution is 2.20. The van der Waals surface area contributed by atoms with E-state index in [1.807, 2.05) is 0 Å². The van der Waals surface area contributed by atoms with E-state index in [9.17, 15) is 9.59 Å². The summed E-state index contributed by atoms with van der Waals surface area (Å²) in [6.07, 6.45) is 3.32. The molecule has 0 heterocycles. The lowest BCUT2D eigenvalue weighted by Gasteiger charge is -2.08. The van der Waals surface area contributed by atoms with E-state index in [4.69, 9.17) is 9.47 Å². The molecule has 5 nitrogen and oxygen atoms in total. The number of rotatable bonds is 9.